The highest BCUT2D eigenvalue weighted by Gasteiger charge is 2.27. The molecule has 0 amide bonds. The lowest BCUT2D eigenvalue weighted by Crippen LogP contribution is -2.32. The molecule has 0 heterocycles. The monoisotopic (exact) mass is 174 g/mol. The molecule has 0 aromatic heterocycles. The van der Waals surface area contributed by atoms with E-state index in [0.717, 1.165) is 0 Å². The molecule has 0 aromatic carbocycles. The molecular formula is C9H18O3. The SMILES string of the molecule is CCOC(C)C(C(=O)O)C(C)C. The Labute approximate surface area is 73.7 Å². The fourth-order valence-corrected chi connectivity index (χ4v) is 1.39. The first kappa shape index (κ1) is 11.4. The third-order valence-electron chi connectivity index (χ3n) is 1.94. The van der Waals surface area contributed by atoms with Crippen LogP contribution >= 0.6 is 0 Å². The van der Waals surface area contributed by atoms with E-state index in [9.17, 15) is 4.79 Å². The third-order valence-corrected chi connectivity index (χ3v) is 1.94. The van der Waals surface area contributed by atoms with Gasteiger partial charge in [-0.3, -0.25) is 4.79 Å². The van der Waals surface area contributed by atoms with Crippen LogP contribution in [0.4, 0.5) is 0 Å². The Hall–Kier alpha value is -0.570. The van der Waals surface area contributed by atoms with Gasteiger partial charge in [0.15, 0.2) is 0 Å². The highest BCUT2D eigenvalue weighted by atomic mass is 16.5. The van der Waals surface area contributed by atoms with Gasteiger partial charge in [0.1, 0.15) is 0 Å². The van der Waals surface area contributed by atoms with Crippen LogP contribution in [0.25, 0.3) is 0 Å². The molecular weight excluding hydrogens is 156 g/mol. The van der Waals surface area contributed by atoms with Crippen molar-refractivity contribution in [1.29, 1.82) is 0 Å². The molecule has 2 unspecified atom stereocenters. The number of carboxylic acids is 1. The molecule has 3 heteroatoms. The molecule has 72 valence electrons. The molecule has 0 saturated heterocycles. The van der Waals surface area contributed by atoms with Crippen LogP contribution in [-0.4, -0.2) is 23.8 Å². The van der Waals surface area contributed by atoms with Gasteiger partial charge < -0.3 is 9.84 Å². The Morgan fingerprint density at radius 1 is 1.42 bits per heavy atom. The second kappa shape index (κ2) is 5.14. The Morgan fingerprint density at radius 3 is 2.17 bits per heavy atom. The number of ether oxygens (including phenoxy) is 1. The van der Waals surface area contributed by atoms with Gasteiger partial charge in [-0.05, 0) is 19.8 Å². The minimum Gasteiger partial charge on any atom is -0.481 e. The molecule has 0 aliphatic rings. The lowest BCUT2D eigenvalue weighted by molar-refractivity contribution is -0.149. The first-order valence-corrected chi connectivity index (χ1v) is 4.35. The number of rotatable bonds is 5. The largest absolute Gasteiger partial charge is 0.481 e. The van der Waals surface area contributed by atoms with Gasteiger partial charge in [0.05, 0.1) is 12.0 Å². The molecule has 0 aliphatic carbocycles. The van der Waals surface area contributed by atoms with Crippen LogP contribution in [0, 0.1) is 11.8 Å². The summed E-state index contributed by atoms with van der Waals surface area (Å²) in [4.78, 5) is 10.8. The summed E-state index contributed by atoms with van der Waals surface area (Å²) in [5.41, 5.74) is 0. The zero-order valence-electron chi connectivity index (χ0n) is 8.20. The van der Waals surface area contributed by atoms with E-state index in [1.54, 1.807) is 0 Å². The second-order valence-corrected chi connectivity index (χ2v) is 3.27. The van der Waals surface area contributed by atoms with E-state index in [1.165, 1.54) is 0 Å². The van der Waals surface area contributed by atoms with Crippen LogP contribution in [0.2, 0.25) is 0 Å². The van der Waals surface area contributed by atoms with Gasteiger partial charge in [-0.2, -0.15) is 0 Å². The summed E-state index contributed by atoms with van der Waals surface area (Å²) in [5, 5.41) is 8.86. The van der Waals surface area contributed by atoms with E-state index in [-0.39, 0.29) is 12.0 Å². The quantitative estimate of drug-likeness (QED) is 0.691. The minimum absolute atomic E-state index is 0.115. The number of carboxylic acid groups (broad SMARTS) is 1. The summed E-state index contributed by atoms with van der Waals surface area (Å²) >= 11 is 0. The molecule has 2 atom stereocenters. The predicted octanol–water partition coefficient (Wildman–Crippen LogP) is 1.77. The highest BCUT2D eigenvalue weighted by Crippen LogP contribution is 2.17. The van der Waals surface area contributed by atoms with E-state index in [0.29, 0.717) is 6.61 Å². The van der Waals surface area contributed by atoms with Gasteiger partial charge in [-0.25, -0.2) is 0 Å². The standard InChI is InChI=1S/C9H18O3/c1-5-12-7(4)8(6(2)3)9(10)11/h6-8H,5H2,1-4H3,(H,10,11). The molecule has 0 spiro atoms. The van der Waals surface area contributed by atoms with Crippen molar-refractivity contribution in [2.75, 3.05) is 6.61 Å². The molecule has 0 rings (SSSR count). The van der Waals surface area contributed by atoms with Crippen molar-refractivity contribution in [3.8, 4) is 0 Å². The predicted molar refractivity (Wildman–Crippen MR) is 47.1 cm³/mol. The maximum absolute atomic E-state index is 10.8. The third kappa shape index (κ3) is 3.22. The van der Waals surface area contributed by atoms with Gasteiger partial charge in [0, 0.05) is 6.61 Å². The smallest absolute Gasteiger partial charge is 0.309 e. The van der Waals surface area contributed by atoms with Gasteiger partial charge in [-0.1, -0.05) is 13.8 Å². The van der Waals surface area contributed by atoms with Gasteiger partial charge in [-0.15, -0.1) is 0 Å². The lowest BCUT2D eigenvalue weighted by atomic mass is 9.91. The Bertz CT molecular complexity index is 143. The maximum Gasteiger partial charge on any atom is 0.309 e. The minimum atomic E-state index is -0.772. The molecule has 0 aliphatic heterocycles. The average Bonchev–Trinajstić information content (AvgIpc) is 1.85. The topological polar surface area (TPSA) is 46.5 Å². The molecule has 1 N–H and O–H groups in total. The van der Waals surface area contributed by atoms with Crippen LogP contribution in [0.1, 0.15) is 27.7 Å². The number of hydrogen-bond acceptors (Lipinski definition) is 2. The van der Waals surface area contributed by atoms with E-state index < -0.39 is 11.9 Å². The van der Waals surface area contributed by atoms with Crippen LogP contribution < -0.4 is 0 Å². The molecule has 0 aromatic rings. The van der Waals surface area contributed by atoms with Gasteiger partial charge in [0.25, 0.3) is 0 Å². The molecule has 0 saturated carbocycles. The van der Waals surface area contributed by atoms with Crippen molar-refractivity contribution in [2.24, 2.45) is 11.8 Å². The van der Waals surface area contributed by atoms with Gasteiger partial charge in [0.2, 0.25) is 0 Å². The van der Waals surface area contributed by atoms with Crippen molar-refractivity contribution in [2.45, 2.75) is 33.8 Å². The van der Waals surface area contributed by atoms with Crippen molar-refractivity contribution in [3.05, 3.63) is 0 Å². The zero-order valence-corrected chi connectivity index (χ0v) is 8.20. The normalized spacial score (nSPS) is 16.1. The Morgan fingerprint density at radius 2 is 1.92 bits per heavy atom. The first-order valence-electron chi connectivity index (χ1n) is 4.35. The average molecular weight is 174 g/mol. The number of carbonyl (C=O) groups is 1. The summed E-state index contributed by atoms with van der Waals surface area (Å²) in [6.07, 6.45) is -0.201. The Balaban J connectivity index is 4.19. The lowest BCUT2D eigenvalue weighted by Gasteiger charge is -2.22. The summed E-state index contributed by atoms with van der Waals surface area (Å²) in [6.45, 7) is 8.04. The van der Waals surface area contributed by atoms with Crippen LogP contribution in [0.15, 0.2) is 0 Å². The zero-order chi connectivity index (χ0) is 9.72. The highest BCUT2D eigenvalue weighted by molar-refractivity contribution is 5.70. The molecule has 12 heavy (non-hydrogen) atoms. The maximum atomic E-state index is 10.8. The van der Waals surface area contributed by atoms with E-state index in [4.69, 9.17) is 9.84 Å². The fraction of sp³-hybridized carbons (Fsp3) is 0.889. The van der Waals surface area contributed by atoms with Crippen molar-refractivity contribution in [3.63, 3.8) is 0 Å². The second-order valence-electron chi connectivity index (χ2n) is 3.27. The Kier molecular flexibility index (Phi) is 4.90. The molecule has 3 nitrogen and oxygen atoms in total. The van der Waals surface area contributed by atoms with Crippen molar-refractivity contribution >= 4 is 5.97 Å². The van der Waals surface area contributed by atoms with E-state index in [1.807, 2.05) is 27.7 Å². The number of aliphatic carboxylic acids is 1. The molecule has 0 radical (unpaired) electrons. The summed E-state index contributed by atoms with van der Waals surface area (Å²) in [7, 11) is 0. The van der Waals surface area contributed by atoms with Gasteiger partial charge >= 0.3 is 5.97 Å². The summed E-state index contributed by atoms with van der Waals surface area (Å²) in [6, 6.07) is 0. The van der Waals surface area contributed by atoms with Crippen molar-refractivity contribution < 1.29 is 14.6 Å². The number of hydrogen-bond donors (Lipinski definition) is 1. The fourth-order valence-electron chi connectivity index (χ4n) is 1.39. The molecule has 0 bridgehead atoms. The van der Waals surface area contributed by atoms with Crippen LogP contribution in [0.5, 0.6) is 0 Å². The summed E-state index contributed by atoms with van der Waals surface area (Å²) in [5.74, 6) is -1.06. The van der Waals surface area contributed by atoms with E-state index in [2.05, 4.69) is 0 Å². The van der Waals surface area contributed by atoms with Crippen LogP contribution in [-0.2, 0) is 9.53 Å². The first-order chi connectivity index (χ1) is 5.50. The van der Waals surface area contributed by atoms with Crippen molar-refractivity contribution in [1.82, 2.24) is 0 Å². The van der Waals surface area contributed by atoms with Crippen LogP contribution in [0.3, 0.4) is 0 Å². The van der Waals surface area contributed by atoms with E-state index >= 15 is 0 Å². The molecule has 0 fully saturated rings. The summed E-state index contributed by atoms with van der Waals surface area (Å²) < 4.78 is 5.25.